The number of rotatable bonds is 4. The summed E-state index contributed by atoms with van der Waals surface area (Å²) in [7, 11) is 0. The van der Waals surface area contributed by atoms with Crippen molar-refractivity contribution in [3.63, 3.8) is 0 Å². The molecule has 0 amide bonds. The Balaban J connectivity index is 1.30. The fourth-order valence-corrected chi connectivity index (χ4v) is 8.35. The summed E-state index contributed by atoms with van der Waals surface area (Å²) in [5, 5.41) is 7.08. The number of furan rings is 1. The number of anilines is 3. The molecule has 232 valence electrons. The fourth-order valence-electron chi connectivity index (χ4n) is 8.35. The van der Waals surface area contributed by atoms with Gasteiger partial charge in [-0.3, -0.25) is 0 Å². The summed E-state index contributed by atoms with van der Waals surface area (Å²) in [6, 6.07) is 59.5. The Bertz CT molecular complexity index is 2760. The number of benzene rings is 8. The summed E-state index contributed by atoms with van der Waals surface area (Å²) in [4.78, 5) is 2.51. The van der Waals surface area contributed by atoms with Crippen LogP contribution in [0.3, 0.4) is 0 Å². The van der Waals surface area contributed by atoms with Gasteiger partial charge in [0.15, 0.2) is 0 Å². The molecular formula is C47H33NO. The highest BCUT2D eigenvalue weighted by atomic mass is 16.3. The molecule has 8 aromatic carbocycles. The zero-order valence-electron chi connectivity index (χ0n) is 27.4. The molecule has 0 spiro atoms. The van der Waals surface area contributed by atoms with E-state index in [9.17, 15) is 0 Å². The van der Waals surface area contributed by atoms with E-state index in [1.54, 1.807) is 0 Å². The molecule has 1 aromatic heterocycles. The molecule has 0 saturated carbocycles. The minimum Gasteiger partial charge on any atom is -0.456 e. The first-order chi connectivity index (χ1) is 24.1. The average molecular weight is 628 g/mol. The van der Waals surface area contributed by atoms with Crippen LogP contribution in [-0.2, 0) is 5.41 Å². The molecule has 1 aliphatic carbocycles. The molecule has 0 saturated heterocycles. The Morgan fingerprint density at radius 1 is 0.429 bits per heavy atom. The van der Waals surface area contributed by atoms with E-state index in [0.717, 1.165) is 44.4 Å². The van der Waals surface area contributed by atoms with Crippen LogP contribution in [0.1, 0.15) is 25.0 Å². The van der Waals surface area contributed by atoms with Crippen molar-refractivity contribution in [1.29, 1.82) is 0 Å². The van der Waals surface area contributed by atoms with Crippen molar-refractivity contribution in [1.82, 2.24) is 0 Å². The van der Waals surface area contributed by atoms with E-state index in [1.165, 1.54) is 49.5 Å². The second kappa shape index (κ2) is 10.4. The van der Waals surface area contributed by atoms with Crippen LogP contribution < -0.4 is 4.90 Å². The Morgan fingerprint density at radius 3 is 1.90 bits per heavy atom. The second-order valence-corrected chi connectivity index (χ2v) is 13.7. The number of hydrogen-bond donors (Lipinski definition) is 0. The van der Waals surface area contributed by atoms with Crippen LogP contribution in [0.5, 0.6) is 0 Å². The summed E-state index contributed by atoms with van der Waals surface area (Å²) >= 11 is 0. The van der Waals surface area contributed by atoms with Gasteiger partial charge in [-0.05, 0) is 74.8 Å². The highest BCUT2D eigenvalue weighted by Gasteiger charge is 2.38. The van der Waals surface area contributed by atoms with Gasteiger partial charge in [-0.25, -0.2) is 0 Å². The largest absolute Gasteiger partial charge is 0.456 e. The molecule has 0 unspecified atom stereocenters. The highest BCUT2D eigenvalue weighted by Crippen LogP contribution is 2.55. The maximum absolute atomic E-state index is 6.56. The van der Waals surface area contributed by atoms with Crippen molar-refractivity contribution >= 4 is 60.5 Å². The first-order valence-corrected chi connectivity index (χ1v) is 17.0. The van der Waals surface area contributed by atoms with Crippen LogP contribution in [0.25, 0.3) is 65.7 Å². The summed E-state index contributed by atoms with van der Waals surface area (Å²) in [6.07, 6.45) is 0. The number of fused-ring (bicyclic) bond motifs is 8. The van der Waals surface area contributed by atoms with Gasteiger partial charge in [0.05, 0.1) is 17.1 Å². The van der Waals surface area contributed by atoms with Crippen molar-refractivity contribution in [3.8, 4) is 22.3 Å². The van der Waals surface area contributed by atoms with Crippen LogP contribution >= 0.6 is 0 Å². The summed E-state index contributed by atoms with van der Waals surface area (Å²) in [5.41, 5.74) is 12.8. The molecule has 0 fully saturated rings. The predicted molar refractivity (Wildman–Crippen MR) is 206 cm³/mol. The third kappa shape index (κ3) is 4.07. The van der Waals surface area contributed by atoms with Crippen LogP contribution in [0.15, 0.2) is 168 Å². The van der Waals surface area contributed by atoms with Gasteiger partial charge < -0.3 is 9.32 Å². The Kier molecular flexibility index (Phi) is 5.95. The molecule has 1 heterocycles. The number of nitrogens with zero attached hydrogens (tertiary/aromatic N) is 1. The van der Waals surface area contributed by atoms with Gasteiger partial charge in [0, 0.05) is 32.7 Å². The van der Waals surface area contributed by atoms with Gasteiger partial charge in [0.25, 0.3) is 0 Å². The molecule has 10 rings (SSSR count). The lowest BCUT2D eigenvalue weighted by Gasteiger charge is -2.31. The smallest absolute Gasteiger partial charge is 0.136 e. The van der Waals surface area contributed by atoms with Crippen LogP contribution in [-0.4, -0.2) is 0 Å². The maximum Gasteiger partial charge on any atom is 0.136 e. The predicted octanol–water partition coefficient (Wildman–Crippen LogP) is 13.3. The van der Waals surface area contributed by atoms with E-state index < -0.39 is 0 Å². The maximum atomic E-state index is 6.56. The van der Waals surface area contributed by atoms with Gasteiger partial charge >= 0.3 is 0 Å². The number of hydrogen-bond acceptors (Lipinski definition) is 2. The molecule has 2 nitrogen and oxygen atoms in total. The van der Waals surface area contributed by atoms with Gasteiger partial charge in [-0.1, -0.05) is 141 Å². The van der Waals surface area contributed by atoms with E-state index in [-0.39, 0.29) is 5.41 Å². The molecule has 2 heteroatoms. The molecular weight excluding hydrogens is 595 g/mol. The highest BCUT2D eigenvalue weighted by molar-refractivity contribution is 6.17. The standard InChI is InChI=1S/C47H33NO/c1-47(2)38-22-9-7-20-36(38)46-39(47)23-13-26-42(46)48(40-25-11-17-30-14-5-6-18-33(30)40)41-24-10-8-19-34(41)35-21-12-27-43-45(35)37-28-31-15-3-4-16-32(31)29-44(37)49-43/h3-29H,1-2H3. The average Bonchev–Trinajstić information content (AvgIpc) is 3.63. The van der Waals surface area contributed by atoms with Crippen molar-refractivity contribution in [2.75, 3.05) is 4.90 Å². The molecule has 0 atom stereocenters. The molecule has 49 heavy (non-hydrogen) atoms. The SMILES string of the molecule is CC1(C)c2ccccc2-c2c(N(c3ccccc3-c3cccc4oc5cc6ccccc6cc5c34)c3cccc4ccccc34)cccc21. The topological polar surface area (TPSA) is 16.4 Å². The molecule has 1 aliphatic rings. The van der Waals surface area contributed by atoms with Crippen LogP contribution in [0.2, 0.25) is 0 Å². The van der Waals surface area contributed by atoms with E-state index >= 15 is 0 Å². The normalized spacial score (nSPS) is 13.3. The Hall–Kier alpha value is -6.12. The Labute approximate surface area is 285 Å². The summed E-state index contributed by atoms with van der Waals surface area (Å²) in [6.45, 7) is 4.71. The van der Waals surface area contributed by atoms with Gasteiger partial charge in [-0.15, -0.1) is 0 Å². The fraction of sp³-hybridized carbons (Fsp3) is 0.0638. The molecule has 0 N–H and O–H groups in total. The first kappa shape index (κ1) is 27.9. The zero-order valence-corrected chi connectivity index (χ0v) is 27.4. The van der Waals surface area contributed by atoms with Crippen LogP contribution in [0, 0.1) is 0 Å². The van der Waals surface area contributed by atoms with E-state index in [4.69, 9.17) is 4.42 Å². The van der Waals surface area contributed by atoms with Gasteiger partial charge in [0.1, 0.15) is 11.2 Å². The monoisotopic (exact) mass is 627 g/mol. The second-order valence-electron chi connectivity index (χ2n) is 13.7. The zero-order chi connectivity index (χ0) is 32.7. The third-order valence-electron chi connectivity index (χ3n) is 10.6. The van der Waals surface area contributed by atoms with Crippen LogP contribution in [0.4, 0.5) is 17.1 Å². The lowest BCUT2D eigenvalue weighted by atomic mass is 9.82. The molecule has 9 aromatic rings. The molecule has 0 bridgehead atoms. The lowest BCUT2D eigenvalue weighted by Crippen LogP contribution is -2.16. The van der Waals surface area contributed by atoms with E-state index in [2.05, 4.69) is 183 Å². The lowest BCUT2D eigenvalue weighted by molar-refractivity contribution is 0.660. The molecule has 0 radical (unpaired) electrons. The van der Waals surface area contributed by atoms with Crippen molar-refractivity contribution < 1.29 is 4.42 Å². The number of para-hydroxylation sites is 1. The van der Waals surface area contributed by atoms with E-state index in [0.29, 0.717) is 0 Å². The minimum absolute atomic E-state index is 0.115. The summed E-state index contributed by atoms with van der Waals surface area (Å²) < 4.78 is 6.56. The van der Waals surface area contributed by atoms with Gasteiger partial charge in [0.2, 0.25) is 0 Å². The summed E-state index contributed by atoms with van der Waals surface area (Å²) in [5.74, 6) is 0. The third-order valence-corrected chi connectivity index (χ3v) is 10.6. The minimum atomic E-state index is -0.115. The van der Waals surface area contributed by atoms with Crippen molar-refractivity contribution in [3.05, 3.63) is 175 Å². The quantitative estimate of drug-likeness (QED) is 0.193. The molecule has 0 aliphatic heterocycles. The van der Waals surface area contributed by atoms with Crippen molar-refractivity contribution in [2.24, 2.45) is 0 Å². The van der Waals surface area contributed by atoms with E-state index in [1.807, 2.05) is 0 Å². The first-order valence-electron chi connectivity index (χ1n) is 17.0. The Morgan fingerprint density at radius 2 is 1.02 bits per heavy atom. The van der Waals surface area contributed by atoms with Gasteiger partial charge in [-0.2, -0.15) is 0 Å². The van der Waals surface area contributed by atoms with Crippen molar-refractivity contribution in [2.45, 2.75) is 19.3 Å².